The summed E-state index contributed by atoms with van der Waals surface area (Å²) in [5.74, 6) is 0.342. The number of ether oxygens (including phenoxy) is 1. The van der Waals surface area contributed by atoms with Crippen LogP contribution in [0.15, 0.2) is 48.5 Å². The van der Waals surface area contributed by atoms with E-state index >= 15 is 0 Å². The van der Waals surface area contributed by atoms with Crippen LogP contribution in [-0.4, -0.2) is 50.1 Å². The second-order valence-corrected chi connectivity index (χ2v) is 6.51. The number of anilines is 2. The Hall–Kier alpha value is -2.60. The Kier molecular flexibility index (Phi) is 6.65. The average molecular weight is 371 g/mol. The Balaban J connectivity index is 1.46. The third kappa shape index (κ3) is 5.20. The van der Waals surface area contributed by atoms with Gasteiger partial charge in [-0.1, -0.05) is 24.3 Å². The largest absolute Gasteiger partial charge is 0.492 e. The van der Waals surface area contributed by atoms with Crippen molar-refractivity contribution in [3.8, 4) is 5.75 Å². The molecule has 5 nitrogen and oxygen atoms in total. The number of amides is 1. The van der Waals surface area contributed by atoms with E-state index in [9.17, 15) is 9.18 Å². The molecule has 1 N–H and O–H groups in total. The first kappa shape index (κ1) is 19.2. The van der Waals surface area contributed by atoms with Crippen molar-refractivity contribution in [1.29, 1.82) is 0 Å². The maximum atomic E-state index is 13.6. The summed E-state index contributed by atoms with van der Waals surface area (Å²) >= 11 is 0. The van der Waals surface area contributed by atoms with Gasteiger partial charge < -0.3 is 15.0 Å². The summed E-state index contributed by atoms with van der Waals surface area (Å²) in [5.41, 5.74) is 1.36. The minimum Gasteiger partial charge on any atom is -0.492 e. The fourth-order valence-electron chi connectivity index (χ4n) is 3.24. The molecule has 1 aliphatic rings. The summed E-state index contributed by atoms with van der Waals surface area (Å²) in [4.78, 5) is 16.7. The van der Waals surface area contributed by atoms with Gasteiger partial charge in [0.15, 0.2) is 0 Å². The first-order valence-electron chi connectivity index (χ1n) is 9.41. The van der Waals surface area contributed by atoms with Gasteiger partial charge >= 0.3 is 0 Å². The Labute approximate surface area is 159 Å². The fraction of sp³-hybridized carbons (Fsp3) is 0.381. The highest BCUT2D eigenvalue weighted by atomic mass is 19.1. The zero-order valence-electron chi connectivity index (χ0n) is 15.7. The molecule has 1 saturated heterocycles. The minimum atomic E-state index is -0.410. The van der Waals surface area contributed by atoms with E-state index in [0.717, 1.165) is 37.6 Å². The van der Waals surface area contributed by atoms with Crippen LogP contribution < -0.4 is 15.0 Å². The standard InChI is InChI=1S/C21H26FN3O2/c1-2-27-20-10-6-5-9-19(20)25-15-13-24(14-16-25)12-11-21(26)23-18-8-4-3-7-17(18)22/h3-10H,2,11-16H2,1H3,(H,23,26). The molecule has 0 aliphatic carbocycles. The third-order valence-electron chi connectivity index (χ3n) is 4.68. The molecule has 144 valence electrons. The van der Waals surface area contributed by atoms with Crippen molar-refractivity contribution in [2.45, 2.75) is 13.3 Å². The SMILES string of the molecule is CCOc1ccccc1N1CCN(CCC(=O)Nc2ccccc2F)CC1. The normalized spacial score (nSPS) is 14.8. The quantitative estimate of drug-likeness (QED) is 0.811. The average Bonchev–Trinajstić information content (AvgIpc) is 2.69. The molecule has 1 amide bonds. The molecule has 1 fully saturated rings. The van der Waals surface area contributed by atoms with Crippen molar-refractivity contribution in [2.75, 3.05) is 49.5 Å². The first-order valence-corrected chi connectivity index (χ1v) is 9.41. The molecule has 0 radical (unpaired) electrons. The van der Waals surface area contributed by atoms with Crippen LogP contribution in [0.5, 0.6) is 5.75 Å². The van der Waals surface area contributed by atoms with Gasteiger partial charge in [0.05, 0.1) is 18.0 Å². The lowest BCUT2D eigenvalue weighted by atomic mass is 10.2. The summed E-state index contributed by atoms with van der Waals surface area (Å²) in [6.07, 6.45) is 0.351. The number of hydrogen-bond donors (Lipinski definition) is 1. The van der Waals surface area contributed by atoms with Gasteiger partial charge in [0.2, 0.25) is 5.91 Å². The van der Waals surface area contributed by atoms with E-state index in [0.29, 0.717) is 19.6 Å². The van der Waals surface area contributed by atoms with E-state index in [4.69, 9.17) is 4.74 Å². The van der Waals surface area contributed by atoms with Gasteiger partial charge in [-0.2, -0.15) is 0 Å². The second kappa shape index (κ2) is 9.37. The summed E-state index contributed by atoms with van der Waals surface area (Å²) in [5, 5.41) is 2.64. The van der Waals surface area contributed by atoms with E-state index in [1.165, 1.54) is 6.07 Å². The van der Waals surface area contributed by atoms with E-state index in [1.807, 2.05) is 25.1 Å². The van der Waals surface area contributed by atoms with Crippen LogP contribution in [0.1, 0.15) is 13.3 Å². The van der Waals surface area contributed by atoms with Crippen LogP contribution in [0.3, 0.4) is 0 Å². The number of halogens is 1. The lowest BCUT2D eigenvalue weighted by Crippen LogP contribution is -2.47. The van der Waals surface area contributed by atoms with Crippen molar-refractivity contribution in [2.24, 2.45) is 0 Å². The highest BCUT2D eigenvalue weighted by Gasteiger charge is 2.20. The molecule has 1 aliphatic heterocycles. The fourth-order valence-corrected chi connectivity index (χ4v) is 3.24. The number of nitrogens with zero attached hydrogens (tertiary/aromatic N) is 2. The van der Waals surface area contributed by atoms with Crippen molar-refractivity contribution in [3.63, 3.8) is 0 Å². The summed E-state index contributed by atoms with van der Waals surface area (Å²) in [7, 11) is 0. The number of nitrogens with one attached hydrogen (secondary N) is 1. The van der Waals surface area contributed by atoms with Crippen LogP contribution in [-0.2, 0) is 4.79 Å². The highest BCUT2D eigenvalue weighted by molar-refractivity contribution is 5.90. The lowest BCUT2D eigenvalue weighted by molar-refractivity contribution is -0.116. The Bertz CT molecular complexity index is 761. The predicted molar refractivity (Wildman–Crippen MR) is 106 cm³/mol. The zero-order chi connectivity index (χ0) is 19.1. The van der Waals surface area contributed by atoms with E-state index in [1.54, 1.807) is 18.2 Å². The summed E-state index contributed by atoms with van der Waals surface area (Å²) in [6.45, 7) is 6.84. The molecule has 0 aromatic heterocycles. The number of hydrogen-bond acceptors (Lipinski definition) is 4. The van der Waals surface area contributed by atoms with Crippen LogP contribution in [0.2, 0.25) is 0 Å². The van der Waals surface area contributed by atoms with Crippen molar-refractivity contribution < 1.29 is 13.9 Å². The number of rotatable bonds is 7. The molecule has 3 rings (SSSR count). The molecule has 0 bridgehead atoms. The number of carbonyl (C=O) groups excluding carboxylic acids is 1. The van der Waals surface area contributed by atoms with Crippen LogP contribution in [0.25, 0.3) is 0 Å². The maximum absolute atomic E-state index is 13.6. The van der Waals surface area contributed by atoms with Gasteiger partial charge in [0.1, 0.15) is 11.6 Å². The van der Waals surface area contributed by atoms with Crippen molar-refractivity contribution >= 4 is 17.3 Å². The molecular weight excluding hydrogens is 345 g/mol. The lowest BCUT2D eigenvalue weighted by Gasteiger charge is -2.36. The Morgan fingerprint density at radius 3 is 2.52 bits per heavy atom. The van der Waals surface area contributed by atoms with Gasteiger partial charge in [-0.05, 0) is 31.2 Å². The molecule has 0 spiro atoms. The molecule has 6 heteroatoms. The molecular formula is C21H26FN3O2. The molecule has 0 unspecified atom stereocenters. The summed E-state index contributed by atoms with van der Waals surface area (Å²) < 4.78 is 19.3. The Morgan fingerprint density at radius 1 is 1.07 bits per heavy atom. The molecule has 0 saturated carbocycles. The molecule has 1 heterocycles. The molecule has 0 atom stereocenters. The number of piperazine rings is 1. The highest BCUT2D eigenvalue weighted by Crippen LogP contribution is 2.28. The maximum Gasteiger partial charge on any atom is 0.225 e. The molecule has 2 aromatic rings. The summed E-state index contributed by atoms with van der Waals surface area (Å²) in [6, 6.07) is 14.3. The first-order chi connectivity index (χ1) is 13.2. The monoisotopic (exact) mass is 371 g/mol. The van der Waals surface area contributed by atoms with Crippen LogP contribution in [0.4, 0.5) is 15.8 Å². The van der Waals surface area contributed by atoms with Crippen LogP contribution >= 0.6 is 0 Å². The van der Waals surface area contributed by atoms with Gasteiger partial charge in [0.25, 0.3) is 0 Å². The third-order valence-corrected chi connectivity index (χ3v) is 4.68. The number of carbonyl (C=O) groups is 1. The van der Waals surface area contributed by atoms with Gasteiger partial charge in [0, 0.05) is 39.1 Å². The zero-order valence-corrected chi connectivity index (χ0v) is 15.7. The van der Waals surface area contributed by atoms with Gasteiger partial charge in [-0.15, -0.1) is 0 Å². The topological polar surface area (TPSA) is 44.8 Å². The molecule has 2 aromatic carbocycles. The number of benzene rings is 2. The van der Waals surface area contributed by atoms with Gasteiger partial charge in [-0.3, -0.25) is 9.69 Å². The van der Waals surface area contributed by atoms with Crippen molar-refractivity contribution in [3.05, 3.63) is 54.3 Å². The smallest absolute Gasteiger partial charge is 0.225 e. The Morgan fingerprint density at radius 2 is 1.78 bits per heavy atom. The van der Waals surface area contributed by atoms with E-state index in [-0.39, 0.29) is 11.6 Å². The van der Waals surface area contributed by atoms with Crippen LogP contribution in [0, 0.1) is 5.82 Å². The predicted octanol–water partition coefficient (Wildman–Crippen LogP) is 3.38. The molecule has 27 heavy (non-hydrogen) atoms. The minimum absolute atomic E-state index is 0.163. The van der Waals surface area contributed by atoms with E-state index in [2.05, 4.69) is 21.2 Å². The van der Waals surface area contributed by atoms with E-state index < -0.39 is 5.82 Å². The number of para-hydroxylation sites is 3. The van der Waals surface area contributed by atoms with Gasteiger partial charge in [-0.25, -0.2) is 4.39 Å². The second-order valence-electron chi connectivity index (χ2n) is 6.51. The van der Waals surface area contributed by atoms with Crippen molar-refractivity contribution in [1.82, 2.24) is 4.90 Å².